The lowest BCUT2D eigenvalue weighted by molar-refractivity contribution is 0.0927. The fourth-order valence-electron chi connectivity index (χ4n) is 2.50. The molecule has 0 spiro atoms. The largest absolute Gasteiger partial charge is 0.493 e. The monoisotopic (exact) mass is 322 g/mol. The van der Waals surface area contributed by atoms with Crippen molar-refractivity contribution in [2.45, 2.75) is 6.42 Å². The summed E-state index contributed by atoms with van der Waals surface area (Å²) in [5, 5.41) is 0. The van der Waals surface area contributed by atoms with E-state index in [1.165, 1.54) is 11.8 Å². The maximum absolute atomic E-state index is 11.8. The molecule has 0 unspecified atom stereocenters. The van der Waals surface area contributed by atoms with Gasteiger partial charge in [-0.1, -0.05) is 48.5 Å². The minimum Gasteiger partial charge on any atom is -0.493 e. The van der Waals surface area contributed by atoms with E-state index in [0.717, 1.165) is 12.0 Å². The summed E-state index contributed by atoms with van der Waals surface area (Å²) in [5.74, 6) is 5.58. The van der Waals surface area contributed by atoms with Crippen molar-refractivity contribution in [1.82, 2.24) is 5.43 Å². The first-order valence-electron chi connectivity index (χ1n) is 7.64. The van der Waals surface area contributed by atoms with Crippen LogP contribution in [-0.4, -0.2) is 12.5 Å². The average molecular weight is 322 g/mol. The molecule has 0 saturated heterocycles. The normalized spacial score (nSPS) is 10.4. The van der Waals surface area contributed by atoms with E-state index in [1.807, 2.05) is 42.5 Å². The number of furan rings is 1. The molecule has 0 aliphatic carbocycles. The predicted molar refractivity (Wildman–Crippen MR) is 91.4 cm³/mol. The minimum atomic E-state index is -0.478. The molecule has 3 rings (SSSR count). The van der Waals surface area contributed by atoms with E-state index in [1.54, 1.807) is 6.07 Å². The molecule has 0 atom stereocenters. The first-order valence-corrected chi connectivity index (χ1v) is 7.64. The molecule has 2 aromatic carbocycles. The molecule has 5 nitrogen and oxygen atoms in total. The van der Waals surface area contributed by atoms with Gasteiger partial charge >= 0.3 is 5.91 Å². The highest BCUT2D eigenvalue weighted by Gasteiger charge is 2.18. The van der Waals surface area contributed by atoms with Gasteiger partial charge in [-0.05, 0) is 17.7 Å². The second-order valence-corrected chi connectivity index (χ2v) is 5.22. The summed E-state index contributed by atoms with van der Waals surface area (Å²) >= 11 is 0. The number of hydrazine groups is 1. The van der Waals surface area contributed by atoms with Gasteiger partial charge in [-0.2, -0.15) is 0 Å². The highest BCUT2D eigenvalue weighted by atomic mass is 16.5. The Hall–Kier alpha value is -3.05. The van der Waals surface area contributed by atoms with E-state index >= 15 is 0 Å². The summed E-state index contributed by atoms with van der Waals surface area (Å²) in [6, 6.07) is 19.4. The molecule has 0 aliphatic rings. The van der Waals surface area contributed by atoms with Gasteiger partial charge in [0.2, 0.25) is 0 Å². The van der Waals surface area contributed by atoms with Gasteiger partial charge in [-0.15, -0.1) is 0 Å². The number of hydrogen-bond donors (Lipinski definition) is 2. The van der Waals surface area contributed by atoms with Crippen LogP contribution in [0, 0.1) is 0 Å². The Morgan fingerprint density at radius 3 is 2.54 bits per heavy atom. The lowest BCUT2D eigenvalue weighted by Crippen LogP contribution is -2.30. The third-order valence-corrected chi connectivity index (χ3v) is 3.67. The van der Waals surface area contributed by atoms with E-state index in [0.29, 0.717) is 17.9 Å². The van der Waals surface area contributed by atoms with E-state index < -0.39 is 5.91 Å². The highest BCUT2D eigenvalue weighted by molar-refractivity contribution is 5.98. The van der Waals surface area contributed by atoms with Gasteiger partial charge in [-0.25, -0.2) is 5.84 Å². The first-order chi connectivity index (χ1) is 11.8. The number of para-hydroxylation sites is 1. The SMILES string of the molecule is NNC(=O)c1occc1-c1ccccc1OCCc1ccccc1. The lowest BCUT2D eigenvalue weighted by Gasteiger charge is -2.11. The maximum Gasteiger partial charge on any atom is 0.301 e. The zero-order valence-electron chi connectivity index (χ0n) is 13.1. The number of nitrogen functional groups attached to an aromatic ring is 1. The van der Waals surface area contributed by atoms with Crippen LogP contribution in [-0.2, 0) is 6.42 Å². The van der Waals surface area contributed by atoms with Crippen LogP contribution in [0.4, 0.5) is 0 Å². The number of hydrogen-bond acceptors (Lipinski definition) is 4. The fraction of sp³-hybridized carbons (Fsp3) is 0.105. The number of rotatable bonds is 6. The Kier molecular flexibility index (Phi) is 4.93. The second kappa shape index (κ2) is 7.48. The molecule has 3 N–H and O–H groups in total. The van der Waals surface area contributed by atoms with Crippen molar-refractivity contribution in [3.63, 3.8) is 0 Å². The van der Waals surface area contributed by atoms with Crippen molar-refractivity contribution in [3.8, 4) is 16.9 Å². The smallest absolute Gasteiger partial charge is 0.301 e. The molecular formula is C19H18N2O3. The topological polar surface area (TPSA) is 77.5 Å². The Bertz CT molecular complexity index is 812. The maximum atomic E-state index is 11.8. The molecule has 5 heteroatoms. The predicted octanol–water partition coefficient (Wildman–Crippen LogP) is 3.17. The Labute approximate surface area is 140 Å². The molecule has 1 aromatic heterocycles. The summed E-state index contributed by atoms with van der Waals surface area (Å²) in [5.41, 5.74) is 4.73. The molecule has 0 fully saturated rings. The first kappa shape index (κ1) is 15.8. The summed E-state index contributed by atoms with van der Waals surface area (Å²) in [6.07, 6.45) is 2.26. The summed E-state index contributed by atoms with van der Waals surface area (Å²) in [6.45, 7) is 0.539. The quantitative estimate of drug-likeness (QED) is 0.415. The zero-order valence-corrected chi connectivity index (χ0v) is 13.1. The number of amides is 1. The van der Waals surface area contributed by atoms with Crippen LogP contribution in [0.5, 0.6) is 5.75 Å². The number of nitrogens with two attached hydrogens (primary N) is 1. The van der Waals surface area contributed by atoms with Crippen molar-refractivity contribution < 1.29 is 13.9 Å². The molecular weight excluding hydrogens is 304 g/mol. The standard InChI is InChI=1S/C19H18N2O3/c20-21-19(22)18-16(11-13-24-18)15-8-4-5-9-17(15)23-12-10-14-6-2-1-3-7-14/h1-9,11,13H,10,12,20H2,(H,21,22). The molecule has 1 amide bonds. The molecule has 24 heavy (non-hydrogen) atoms. The van der Waals surface area contributed by atoms with E-state index in [9.17, 15) is 4.79 Å². The van der Waals surface area contributed by atoms with Gasteiger partial charge in [-0.3, -0.25) is 10.2 Å². The minimum absolute atomic E-state index is 0.164. The molecule has 0 bridgehead atoms. The molecule has 122 valence electrons. The van der Waals surface area contributed by atoms with Gasteiger partial charge in [0.05, 0.1) is 12.9 Å². The van der Waals surface area contributed by atoms with Gasteiger partial charge in [0.1, 0.15) is 5.75 Å². The number of benzene rings is 2. The molecule has 0 saturated carbocycles. The number of ether oxygens (including phenoxy) is 1. The van der Waals surface area contributed by atoms with E-state index in [4.69, 9.17) is 15.0 Å². The van der Waals surface area contributed by atoms with Crippen LogP contribution >= 0.6 is 0 Å². The van der Waals surface area contributed by atoms with Crippen molar-refractivity contribution in [2.75, 3.05) is 6.61 Å². The summed E-state index contributed by atoms with van der Waals surface area (Å²) in [7, 11) is 0. The van der Waals surface area contributed by atoms with Gasteiger partial charge in [0.15, 0.2) is 5.76 Å². The van der Waals surface area contributed by atoms with Crippen LogP contribution in [0.15, 0.2) is 71.3 Å². The van der Waals surface area contributed by atoms with Gasteiger partial charge in [0, 0.05) is 17.5 Å². The molecule has 3 aromatic rings. The third kappa shape index (κ3) is 3.47. The number of nitrogens with one attached hydrogen (secondary N) is 1. The van der Waals surface area contributed by atoms with Gasteiger partial charge < -0.3 is 9.15 Å². The molecule has 0 radical (unpaired) electrons. The summed E-state index contributed by atoms with van der Waals surface area (Å²) in [4.78, 5) is 11.8. The van der Waals surface area contributed by atoms with Crippen molar-refractivity contribution in [3.05, 3.63) is 78.3 Å². The van der Waals surface area contributed by atoms with E-state index in [-0.39, 0.29) is 5.76 Å². The fourth-order valence-corrected chi connectivity index (χ4v) is 2.50. The van der Waals surface area contributed by atoms with Crippen molar-refractivity contribution in [2.24, 2.45) is 5.84 Å². The highest BCUT2D eigenvalue weighted by Crippen LogP contribution is 2.33. The van der Waals surface area contributed by atoms with Crippen LogP contribution < -0.4 is 16.0 Å². The van der Waals surface area contributed by atoms with Crippen molar-refractivity contribution >= 4 is 5.91 Å². The van der Waals surface area contributed by atoms with Crippen LogP contribution in [0.2, 0.25) is 0 Å². The van der Waals surface area contributed by atoms with Crippen molar-refractivity contribution in [1.29, 1.82) is 0 Å². The van der Waals surface area contributed by atoms with Crippen LogP contribution in [0.25, 0.3) is 11.1 Å². The van der Waals surface area contributed by atoms with E-state index in [2.05, 4.69) is 17.6 Å². The van der Waals surface area contributed by atoms with Crippen LogP contribution in [0.1, 0.15) is 16.1 Å². The second-order valence-electron chi connectivity index (χ2n) is 5.22. The van der Waals surface area contributed by atoms with Gasteiger partial charge in [0.25, 0.3) is 0 Å². The lowest BCUT2D eigenvalue weighted by atomic mass is 10.0. The Morgan fingerprint density at radius 1 is 1.00 bits per heavy atom. The third-order valence-electron chi connectivity index (χ3n) is 3.67. The average Bonchev–Trinajstić information content (AvgIpc) is 3.12. The molecule has 0 aliphatic heterocycles. The summed E-state index contributed by atoms with van der Waals surface area (Å²) < 4.78 is 11.2. The number of carbonyl (C=O) groups excluding carboxylic acids is 1. The zero-order chi connectivity index (χ0) is 16.8. The Morgan fingerprint density at radius 2 is 1.75 bits per heavy atom. The number of carbonyl (C=O) groups is 1. The Balaban J connectivity index is 1.79. The molecule has 1 heterocycles. The van der Waals surface area contributed by atoms with Crippen LogP contribution in [0.3, 0.4) is 0 Å².